The summed E-state index contributed by atoms with van der Waals surface area (Å²) in [5, 5.41) is 3.41. The minimum absolute atomic E-state index is 0.614. The molecule has 22 heavy (non-hydrogen) atoms. The van der Waals surface area contributed by atoms with Gasteiger partial charge in [0.15, 0.2) is 5.96 Å². The number of nitrogens with zero attached hydrogens (tertiary/aromatic N) is 2. The molecule has 5 heteroatoms. The van der Waals surface area contributed by atoms with Gasteiger partial charge in [-0.25, -0.2) is 4.99 Å². The number of aryl methyl sites for hydroxylation is 1. The van der Waals surface area contributed by atoms with Gasteiger partial charge in [0.1, 0.15) is 0 Å². The number of nitrogens with one attached hydrogen (secondary N) is 1. The van der Waals surface area contributed by atoms with E-state index in [1.165, 1.54) is 17.5 Å². The Hall–Kier alpha value is -1.07. The highest BCUT2D eigenvalue weighted by Crippen LogP contribution is 2.18. The first-order chi connectivity index (χ1) is 10.6. The van der Waals surface area contributed by atoms with Gasteiger partial charge < -0.3 is 15.0 Å². The summed E-state index contributed by atoms with van der Waals surface area (Å²) >= 11 is 3.51. The van der Waals surface area contributed by atoms with Gasteiger partial charge in [-0.2, -0.15) is 0 Å². The van der Waals surface area contributed by atoms with Crippen molar-refractivity contribution in [2.45, 2.75) is 26.8 Å². The summed E-state index contributed by atoms with van der Waals surface area (Å²) in [4.78, 5) is 7.17. The third-order valence-corrected chi connectivity index (χ3v) is 4.52. The minimum atomic E-state index is 0.614. The molecule has 1 unspecified atom stereocenters. The number of ether oxygens (including phenoxy) is 1. The Morgan fingerprint density at radius 3 is 3.00 bits per heavy atom. The number of methoxy groups -OCH3 is 1. The largest absolute Gasteiger partial charge is 0.384 e. The molecule has 0 saturated carbocycles. The fourth-order valence-electron chi connectivity index (χ4n) is 2.82. The van der Waals surface area contributed by atoms with Gasteiger partial charge in [0, 0.05) is 37.1 Å². The van der Waals surface area contributed by atoms with E-state index in [2.05, 4.69) is 58.2 Å². The average molecular weight is 368 g/mol. The molecule has 1 atom stereocenters. The molecule has 0 bridgehead atoms. The molecule has 2 rings (SSSR count). The van der Waals surface area contributed by atoms with Crippen molar-refractivity contribution in [2.24, 2.45) is 10.9 Å². The lowest BCUT2D eigenvalue weighted by atomic mass is 10.1. The molecule has 0 spiro atoms. The van der Waals surface area contributed by atoms with Crippen LogP contribution >= 0.6 is 15.9 Å². The summed E-state index contributed by atoms with van der Waals surface area (Å²) in [6.45, 7) is 8.77. The van der Waals surface area contributed by atoms with Gasteiger partial charge in [0.2, 0.25) is 0 Å². The van der Waals surface area contributed by atoms with E-state index in [-0.39, 0.29) is 0 Å². The Labute approximate surface area is 142 Å². The monoisotopic (exact) mass is 367 g/mol. The summed E-state index contributed by atoms with van der Waals surface area (Å²) in [7, 11) is 1.78. The Morgan fingerprint density at radius 2 is 2.32 bits per heavy atom. The van der Waals surface area contributed by atoms with E-state index >= 15 is 0 Å². The molecular weight excluding hydrogens is 342 g/mol. The Kier molecular flexibility index (Phi) is 6.70. The molecule has 1 heterocycles. The van der Waals surface area contributed by atoms with Crippen LogP contribution in [-0.2, 0) is 11.3 Å². The fraction of sp³-hybridized carbons (Fsp3) is 0.588. The minimum Gasteiger partial charge on any atom is -0.384 e. The molecular formula is C17H26BrN3O. The smallest absolute Gasteiger partial charge is 0.194 e. The molecule has 0 aromatic heterocycles. The van der Waals surface area contributed by atoms with E-state index in [4.69, 9.17) is 9.73 Å². The molecule has 4 nitrogen and oxygen atoms in total. The van der Waals surface area contributed by atoms with Crippen LogP contribution in [0.15, 0.2) is 27.7 Å². The van der Waals surface area contributed by atoms with Crippen LogP contribution in [0.1, 0.15) is 24.5 Å². The van der Waals surface area contributed by atoms with Gasteiger partial charge >= 0.3 is 0 Å². The lowest BCUT2D eigenvalue weighted by molar-refractivity contribution is 0.157. The van der Waals surface area contributed by atoms with Crippen molar-refractivity contribution in [1.82, 2.24) is 10.2 Å². The lowest BCUT2D eigenvalue weighted by Gasteiger charge is -2.21. The molecule has 1 aliphatic rings. The van der Waals surface area contributed by atoms with E-state index in [1.54, 1.807) is 7.11 Å². The Balaban J connectivity index is 2.04. The van der Waals surface area contributed by atoms with Gasteiger partial charge in [-0.3, -0.25) is 0 Å². The normalized spacial score (nSPS) is 18.8. The number of hydrogen-bond donors (Lipinski definition) is 1. The van der Waals surface area contributed by atoms with Crippen LogP contribution in [0.4, 0.5) is 0 Å². The number of rotatable bonds is 5. The number of aliphatic imine (C=N–C) groups is 1. The predicted octanol–water partition coefficient (Wildman–Crippen LogP) is 3.19. The number of guanidine groups is 1. The maximum atomic E-state index is 5.28. The van der Waals surface area contributed by atoms with E-state index in [9.17, 15) is 0 Å². The van der Waals surface area contributed by atoms with Gasteiger partial charge in [-0.1, -0.05) is 22.0 Å². The summed E-state index contributed by atoms with van der Waals surface area (Å²) < 4.78 is 6.40. The number of likely N-dealkylation sites (tertiary alicyclic amines) is 1. The van der Waals surface area contributed by atoms with Crippen molar-refractivity contribution < 1.29 is 4.74 Å². The first-order valence-corrected chi connectivity index (χ1v) is 8.70. The molecule has 1 aliphatic heterocycles. The second kappa shape index (κ2) is 8.53. The summed E-state index contributed by atoms with van der Waals surface area (Å²) in [5.74, 6) is 1.63. The van der Waals surface area contributed by atoms with Crippen molar-refractivity contribution in [3.8, 4) is 0 Å². The second-order valence-electron chi connectivity index (χ2n) is 5.80. The quantitative estimate of drug-likeness (QED) is 0.641. The van der Waals surface area contributed by atoms with Gasteiger partial charge in [0.25, 0.3) is 0 Å². The number of halogens is 1. The highest BCUT2D eigenvalue weighted by Gasteiger charge is 2.24. The van der Waals surface area contributed by atoms with Crippen LogP contribution in [0, 0.1) is 12.8 Å². The van der Waals surface area contributed by atoms with Crippen LogP contribution in [0.3, 0.4) is 0 Å². The molecule has 1 aromatic rings. The third-order valence-electron chi connectivity index (χ3n) is 4.03. The maximum absolute atomic E-state index is 5.28. The molecule has 122 valence electrons. The molecule has 1 saturated heterocycles. The number of benzene rings is 1. The van der Waals surface area contributed by atoms with Crippen molar-refractivity contribution >= 4 is 21.9 Å². The summed E-state index contributed by atoms with van der Waals surface area (Å²) in [6.07, 6.45) is 1.18. The molecule has 1 aromatic carbocycles. The second-order valence-corrected chi connectivity index (χ2v) is 6.71. The fourth-order valence-corrected chi connectivity index (χ4v) is 3.29. The summed E-state index contributed by atoms with van der Waals surface area (Å²) in [5.41, 5.74) is 2.54. The van der Waals surface area contributed by atoms with Gasteiger partial charge in [0.05, 0.1) is 13.2 Å². The Bertz CT molecular complexity index is 519. The molecule has 1 N–H and O–H groups in total. The van der Waals surface area contributed by atoms with E-state index < -0.39 is 0 Å². The molecule has 0 radical (unpaired) electrons. The average Bonchev–Trinajstić information content (AvgIpc) is 2.94. The van der Waals surface area contributed by atoms with E-state index in [0.717, 1.165) is 36.7 Å². The predicted molar refractivity (Wildman–Crippen MR) is 95.3 cm³/mol. The SMILES string of the molecule is CCNC(=NCc1ccc(Br)cc1C)N1CCC(COC)C1. The lowest BCUT2D eigenvalue weighted by Crippen LogP contribution is -2.40. The maximum Gasteiger partial charge on any atom is 0.194 e. The Morgan fingerprint density at radius 1 is 1.50 bits per heavy atom. The van der Waals surface area contributed by atoms with Crippen molar-refractivity contribution in [3.05, 3.63) is 33.8 Å². The van der Waals surface area contributed by atoms with Crippen LogP contribution in [0.25, 0.3) is 0 Å². The molecule has 1 fully saturated rings. The van der Waals surface area contributed by atoms with Gasteiger partial charge in [-0.05, 0) is 43.5 Å². The van der Waals surface area contributed by atoms with E-state index in [1.807, 2.05) is 0 Å². The van der Waals surface area contributed by atoms with Crippen LogP contribution in [0.5, 0.6) is 0 Å². The standard InChI is InChI=1S/C17H26BrN3O/c1-4-19-17(21-8-7-14(11-21)12-22-3)20-10-15-5-6-16(18)9-13(15)2/h5-6,9,14H,4,7-8,10-12H2,1-3H3,(H,19,20). The van der Waals surface area contributed by atoms with Crippen molar-refractivity contribution in [1.29, 1.82) is 0 Å². The van der Waals surface area contributed by atoms with E-state index in [0.29, 0.717) is 12.5 Å². The first kappa shape index (κ1) is 17.3. The third kappa shape index (κ3) is 4.71. The molecule has 0 aliphatic carbocycles. The van der Waals surface area contributed by atoms with Crippen LogP contribution in [0.2, 0.25) is 0 Å². The van der Waals surface area contributed by atoms with Crippen molar-refractivity contribution in [3.63, 3.8) is 0 Å². The first-order valence-electron chi connectivity index (χ1n) is 7.91. The van der Waals surface area contributed by atoms with Crippen molar-refractivity contribution in [2.75, 3.05) is 33.4 Å². The van der Waals surface area contributed by atoms with Crippen LogP contribution < -0.4 is 5.32 Å². The zero-order chi connectivity index (χ0) is 15.9. The topological polar surface area (TPSA) is 36.9 Å². The zero-order valence-corrected chi connectivity index (χ0v) is 15.3. The summed E-state index contributed by atoms with van der Waals surface area (Å²) in [6, 6.07) is 6.36. The highest BCUT2D eigenvalue weighted by atomic mass is 79.9. The zero-order valence-electron chi connectivity index (χ0n) is 13.7. The number of hydrogen-bond acceptors (Lipinski definition) is 2. The van der Waals surface area contributed by atoms with Crippen LogP contribution in [-0.4, -0.2) is 44.2 Å². The van der Waals surface area contributed by atoms with Gasteiger partial charge in [-0.15, -0.1) is 0 Å². The highest BCUT2D eigenvalue weighted by molar-refractivity contribution is 9.10. The molecule has 0 amide bonds.